The number of methoxy groups -OCH3 is 1. The maximum Gasteiger partial charge on any atom is 0.161 e. The van der Waals surface area contributed by atoms with E-state index in [1.807, 2.05) is 28.9 Å². The van der Waals surface area contributed by atoms with E-state index in [1.165, 1.54) is 0 Å². The van der Waals surface area contributed by atoms with Gasteiger partial charge >= 0.3 is 0 Å². The smallest absolute Gasteiger partial charge is 0.161 e. The lowest BCUT2D eigenvalue weighted by molar-refractivity contribution is 0.401. The highest BCUT2D eigenvalue weighted by Crippen LogP contribution is 2.30. The predicted octanol–water partition coefficient (Wildman–Crippen LogP) is 3.28. The summed E-state index contributed by atoms with van der Waals surface area (Å²) in [4.78, 5) is 0. The number of hydrogen-bond donors (Lipinski definition) is 1. The van der Waals surface area contributed by atoms with Gasteiger partial charge in [0.1, 0.15) is 5.69 Å². The van der Waals surface area contributed by atoms with Crippen molar-refractivity contribution in [3.05, 3.63) is 46.2 Å². The number of nitrogens with two attached hydrogens (primary N) is 1. The molecule has 1 aromatic heterocycles. The second-order valence-corrected chi connectivity index (χ2v) is 5.58. The molecule has 0 radical (unpaired) electrons. The highest BCUT2D eigenvalue weighted by atomic mass is 79.9. The molecule has 0 amide bonds. The monoisotopic (exact) mass is 323 g/mol. The fourth-order valence-corrected chi connectivity index (χ4v) is 2.31. The van der Waals surface area contributed by atoms with Crippen molar-refractivity contribution in [1.29, 1.82) is 0 Å². The van der Waals surface area contributed by atoms with Crippen LogP contribution >= 0.6 is 15.9 Å². The topological polar surface area (TPSA) is 53.1 Å². The molecule has 1 atom stereocenters. The van der Waals surface area contributed by atoms with Crippen LogP contribution in [0.4, 0.5) is 0 Å². The molecule has 0 aliphatic rings. The first-order chi connectivity index (χ1) is 9.04. The van der Waals surface area contributed by atoms with Crippen LogP contribution in [0.2, 0.25) is 0 Å². The second kappa shape index (κ2) is 5.75. The Bertz CT molecular complexity index is 548. The molecule has 0 bridgehead atoms. The Morgan fingerprint density at radius 3 is 2.42 bits per heavy atom. The maximum atomic E-state index is 6.37. The molecule has 0 aliphatic carbocycles. The van der Waals surface area contributed by atoms with Gasteiger partial charge in [0, 0.05) is 10.5 Å². The second-order valence-electron chi connectivity index (χ2n) is 4.67. The third kappa shape index (κ3) is 2.82. The molecule has 0 aliphatic heterocycles. The highest BCUT2D eigenvalue weighted by Gasteiger charge is 2.21. The van der Waals surface area contributed by atoms with Gasteiger partial charge < -0.3 is 10.5 Å². The normalized spacial score (nSPS) is 12.7. The summed E-state index contributed by atoms with van der Waals surface area (Å²) in [6, 6.07) is 7.96. The zero-order valence-electron chi connectivity index (χ0n) is 11.3. The molecule has 1 unspecified atom stereocenters. The van der Waals surface area contributed by atoms with E-state index in [4.69, 9.17) is 10.5 Å². The van der Waals surface area contributed by atoms with Crippen molar-refractivity contribution in [3.63, 3.8) is 0 Å². The molecule has 1 aromatic carbocycles. The van der Waals surface area contributed by atoms with Gasteiger partial charge in [-0.3, -0.25) is 4.68 Å². The van der Waals surface area contributed by atoms with E-state index < -0.39 is 0 Å². The molecule has 19 heavy (non-hydrogen) atoms. The first-order valence-electron chi connectivity index (χ1n) is 6.17. The Labute approximate surface area is 121 Å². The van der Waals surface area contributed by atoms with Crippen LogP contribution in [0.5, 0.6) is 5.75 Å². The first-order valence-corrected chi connectivity index (χ1v) is 6.96. The van der Waals surface area contributed by atoms with Gasteiger partial charge in [0.25, 0.3) is 0 Å². The van der Waals surface area contributed by atoms with Crippen molar-refractivity contribution in [3.8, 4) is 5.75 Å². The van der Waals surface area contributed by atoms with Crippen molar-refractivity contribution in [2.24, 2.45) is 5.73 Å². The van der Waals surface area contributed by atoms with Crippen molar-refractivity contribution in [2.75, 3.05) is 7.11 Å². The Balaban J connectivity index is 2.44. The average Bonchev–Trinajstić information content (AvgIpc) is 2.82. The minimum Gasteiger partial charge on any atom is -0.493 e. The maximum absolute atomic E-state index is 6.37. The van der Waals surface area contributed by atoms with E-state index in [-0.39, 0.29) is 12.1 Å². The van der Waals surface area contributed by atoms with Crippen molar-refractivity contribution >= 4 is 15.9 Å². The van der Waals surface area contributed by atoms with E-state index in [0.29, 0.717) is 0 Å². The van der Waals surface area contributed by atoms with Crippen LogP contribution in [0.15, 0.2) is 34.9 Å². The van der Waals surface area contributed by atoms with Crippen LogP contribution in [-0.2, 0) is 0 Å². The molecule has 0 spiro atoms. The van der Waals surface area contributed by atoms with E-state index in [1.54, 1.807) is 13.3 Å². The van der Waals surface area contributed by atoms with Crippen LogP contribution in [-0.4, -0.2) is 16.9 Å². The van der Waals surface area contributed by atoms with Gasteiger partial charge in [-0.15, -0.1) is 0 Å². The summed E-state index contributed by atoms with van der Waals surface area (Å²) in [7, 11) is 1.64. The van der Waals surface area contributed by atoms with Crippen molar-refractivity contribution in [1.82, 2.24) is 9.78 Å². The molecule has 102 valence electrons. The predicted molar refractivity (Wildman–Crippen MR) is 79.3 cm³/mol. The quantitative estimate of drug-likeness (QED) is 0.939. The van der Waals surface area contributed by atoms with E-state index in [2.05, 4.69) is 34.9 Å². The lowest BCUT2D eigenvalue weighted by atomic mass is 10.0. The SMILES string of the molecule is COc1cnn(C(C)C)c1C(N)c1ccc(Br)cc1. The molecule has 5 heteroatoms. The molecule has 2 N–H and O–H groups in total. The minimum atomic E-state index is -0.257. The summed E-state index contributed by atoms with van der Waals surface area (Å²) in [6.07, 6.45) is 1.72. The molecule has 2 aromatic rings. The Morgan fingerprint density at radius 2 is 1.89 bits per heavy atom. The Kier molecular flexibility index (Phi) is 4.27. The third-order valence-corrected chi connectivity index (χ3v) is 3.56. The summed E-state index contributed by atoms with van der Waals surface area (Å²) in [6.45, 7) is 4.15. The number of halogens is 1. The average molecular weight is 324 g/mol. The van der Waals surface area contributed by atoms with Crippen LogP contribution in [0.25, 0.3) is 0 Å². The van der Waals surface area contributed by atoms with Crippen LogP contribution < -0.4 is 10.5 Å². The summed E-state index contributed by atoms with van der Waals surface area (Å²) >= 11 is 3.43. The number of rotatable bonds is 4. The van der Waals surface area contributed by atoms with Gasteiger partial charge in [0.05, 0.1) is 19.3 Å². The van der Waals surface area contributed by atoms with Gasteiger partial charge in [-0.05, 0) is 31.5 Å². The van der Waals surface area contributed by atoms with Crippen LogP contribution in [0.3, 0.4) is 0 Å². The first kappa shape index (κ1) is 14.1. The van der Waals surface area contributed by atoms with Gasteiger partial charge in [0.15, 0.2) is 5.75 Å². The number of nitrogens with zero attached hydrogens (tertiary/aromatic N) is 2. The number of benzene rings is 1. The summed E-state index contributed by atoms with van der Waals surface area (Å²) in [5.41, 5.74) is 8.30. The number of hydrogen-bond acceptors (Lipinski definition) is 3. The number of aromatic nitrogens is 2. The summed E-state index contributed by atoms with van der Waals surface area (Å²) < 4.78 is 8.31. The Hall–Kier alpha value is -1.33. The molecule has 4 nitrogen and oxygen atoms in total. The highest BCUT2D eigenvalue weighted by molar-refractivity contribution is 9.10. The largest absolute Gasteiger partial charge is 0.493 e. The fraction of sp³-hybridized carbons (Fsp3) is 0.357. The van der Waals surface area contributed by atoms with Gasteiger partial charge in [-0.2, -0.15) is 5.10 Å². The van der Waals surface area contributed by atoms with E-state index in [0.717, 1.165) is 21.5 Å². The molecular weight excluding hydrogens is 306 g/mol. The summed E-state index contributed by atoms with van der Waals surface area (Å²) in [5, 5.41) is 4.35. The van der Waals surface area contributed by atoms with Crippen molar-refractivity contribution < 1.29 is 4.74 Å². The zero-order valence-corrected chi connectivity index (χ0v) is 12.9. The zero-order chi connectivity index (χ0) is 14.0. The summed E-state index contributed by atoms with van der Waals surface area (Å²) in [5.74, 6) is 0.726. The van der Waals surface area contributed by atoms with Gasteiger partial charge in [-0.1, -0.05) is 28.1 Å². The molecule has 0 saturated heterocycles. The van der Waals surface area contributed by atoms with Gasteiger partial charge in [0.2, 0.25) is 0 Å². The molecule has 1 heterocycles. The Morgan fingerprint density at radius 1 is 1.26 bits per heavy atom. The lowest BCUT2D eigenvalue weighted by Crippen LogP contribution is -2.19. The molecule has 2 rings (SSSR count). The molecule has 0 saturated carbocycles. The van der Waals surface area contributed by atoms with Crippen molar-refractivity contribution in [2.45, 2.75) is 25.9 Å². The lowest BCUT2D eigenvalue weighted by Gasteiger charge is -2.18. The van der Waals surface area contributed by atoms with Gasteiger partial charge in [-0.25, -0.2) is 0 Å². The molecule has 0 fully saturated rings. The van der Waals surface area contributed by atoms with Crippen LogP contribution in [0, 0.1) is 0 Å². The van der Waals surface area contributed by atoms with E-state index >= 15 is 0 Å². The fourth-order valence-electron chi connectivity index (χ4n) is 2.05. The third-order valence-electron chi connectivity index (χ3n) is 3.03. The van der Waals surface area contributed by atoms with E-state index in [9.17, 15) is 0 Å². The van der Waals surface area contributed by atoms with Crippen LogP contribution in [0.1, 0.15) is 37.2 Å². The standard InChI is InChI=1S/C14H18BrN3O/c1-9(2)18-14(12(19-3)8-17-18)13(16)10-4-6-11(15)7-5-10/h4-9,13H,16H2,1-3H3. The molecular formula is C14H18BrN3O. The number of ether oxygens (including phenoxy) is 1. The minimum absolute atomic E-state index is 0.236.